The highest BCUT2D eigenvalue weighted by atomic mass is 19.3. The molecule has 0 radical (unpaired) electrons. The van der Waals surface area contributed by atoms with E-state index in [4.69, 9.17) is 0 Å². The van der Waals surface area contributed by atoms with Crippen molar-refractivity contribution >= 4 is 5.91 Å². The van der Waals surface area contributed by atoms with E-state index in [0.717, 1.165) is 24.3 Å². The number of ether oxygens (including phenoxy) is 1. The summed E-state index contributed by atoms with van der Waals surface area (Å²) in [6.07, 6.45) is 7.91. The number of carbonyl (C=O) groups excluding carboxylic acids is 1. The maximum Gasteiger partial charge on any atom is 0.387 e. The fraction of sp³-hybridized carbons (Fsp3) is 0.632. The molecule has 0 aliphatic heterocycles. The topological polar surface area (TPSA) is 38.3 Å². The third-order valence-electron chi connectivity index (χ3n) is 6.13. The van der Waals surface area contributed by atoms with Gasteiger partial charge in [0.25, 0.3) is 5.91 Å². The predicted molar refractivity (Wildman–Crippen MR) is 86.0 cm³/mol. The van der Waals surface area contributed by atoms with Crippen LogP contribution in [-0.4, -0.2) is 19.1 Å². The molecule has 5 rings (SSSR count). The number of alkyl halides is 2. The van der Waals surface area contributed by atoms with E-state index in [9.17, 15) is 13.6 Å². The highest BCUT2D eigenvalue weighted by Gasteiger charge is 2.50. The molecule has 1 aromatic rings. The summed E-state index contributed by atoms with van der Waals surface area (Å²) >= 11 is 0. The van der Waals surface area contributed by atoms with Crippen LogP contribution in [0.15, 0.2) is 24.3 Å². The highest BCUT2D eigenvalue weighted by molar-refractivity contribution is 5.94. The molecule has 1 N–H and O–H groups in total. The number of halogens is 2. The van der Waals surface area contributed by atoms with Gasteiger partial charge >= 0.3 is 6.61 Å². The zero-order valence-electron chi connectivity index (χ0n) is 13.6. The number of carbonyl (C=O) groups is 1. The van der Waals surface area contributed by atoms with Gasteiger partial charge in [0, 0.05) is 12.1 Å². The molecule has 4 saturated carbocycles. The summed E-state index contributed by atoms with van der Waals surface area (Å²) in [4.78, 5) is 12.4. The van der Waals surface area contributed by atoms with E-state index in [1.807, 2.05) is 0 Å². The zero-order chi connectivity index (χ0) is 16.7. The first-order chi connectivity index (χ1) is 11.5. The lowest BCUT2D eigenvalue weighted by atomic mass is 9.49. The van der Waals surface area contributed by atoms with Gasteiger partial charge in [0.2, 0.25) is 0 Å². The van der Waals surface area contributed by atoms with Crippen molar-refractivity contribution in [3.8, 4) is 5.75 Å². The second-order valence-electron chi connectivity index (χ2n) is 8.00. The highest BCUT2D eigenvalue weighted by Crippen LogP contribution is 2.59. The Hall–Kier alpha value is -1.65. The normalized spacial score (nSPS) is 33.7. The first-order valence-corrected chi connectivity index (χ1v) is 8.84. The minimum atomic E-state index is -2.85. The third-order valence-corrected chi connectivity index (χ3v) is 6.13. The van der Waals surface area contributed by atoms with Gasteiger partial charge in [0.1, 0.15) is 5.75 Å². The predicted octanol–water partition coefficient (Wildman–Crippen LogP) is 4.23. The number of nitrogens with one attached hydrogen (secondary N) is 1. The van der Waals surface area contributed by atoms with E-state index in [2.05, 4.69) is 10.1 Å². The Bertz CT molecular complexity index is 579. The average molecular weight is 335 g/mol. The fourth-order valence-electron chi connectivity index (χ4n) is 5.66. The van der Waals surface area contributed by atoms with E-state index >= 15 is 0 Å². The van der Waals surface area contributed by atoms with Gasteiger partial charge in [-0.3, -0.25) is 4.79 Å². The van der Waals surface area contributed by atoms with Crippen molar-refractivity contribution in [3.63, 3.8) is 0 Å². The molecular formula is C19H23F2NO2. The summed E-state index contributed by atoms with van der Waals surface area (Å²) in [7, 11) is 0. The van der Waals surface area contributed by atoms with Crippen LogP contribution < -0.4 is 10.1 Å². The van der Waals surface area contributed by atoms with Crippen molar-refractivity contribution in [1.82, 2.24) is 5.32 Å². The molecule has 1 amide bonds. The molecule has 4 bridgehead atoms. The van der Waals surface area contributed by atoms with Crippen LogP contribution in [0.5, 0.6) is 5.75 Å². The van der Waals surface area contributed by atoms with Crippen LogP contribution in [0.2, 0.25) is 0 Å². The lowest BCUT2D eigenvalue weighted by Gasteiger charge is -2.56. The van der Waals surface area contributed by atoms with Gasteiger partial charge in [0.05, 0.1) is 0 Å². The molecule has 5 heteroatoms. The Balaban J connectivity index is 1.36. The number of hydrogen-bond donors (Lipinski definition) is 1. The maximum absolute atomic E-state index is 12.4. The quantitative estimate of drug-likeness (QED) is 0.874. The number of hydrogen-bond acceptors (Lipinski definition) is 2. The average Bonchev–Trinajstić information content (AvgIpc) is 2.51. The van der Waals surface area contributed by atoms with Gasteiger partial charge in [-0.15, -0.1) is 0 Å². The number of amides is 1. The van der Waals surface area contributed by atoms with Crippen LogP contribution in [0.4, 0.5) is 8.78 Å². The minimum absolute atomic E-state index is 0.0719. The van der Waals surface area contributed by atoms with Gasteiger partial charge in [-0.05, 0) is 86.0 Å². The van der Waals surface area contributed by atoms with Gasteiger partial charge in [-0.25, -0.2) is 0 Å². The van der Waals surface area contributed by atoms with E-state index < -0.39 is 6.61 Å². The first-order valence-electron chi connectivity index (χ1n) is 8.84. The molecule has 24 heavy (non-hydrogen) atoms. The molecule has 130 valence electrons. The molecule has 0 spiro atoms. The van der Waals surface area contributed by atoms with Gasteiger partial charge in [-0.1, -0.05) is 0 Å². The van der Waals surface area contributed by atoms with E-state index in [1.54, 1.807) is 0 Å². The lowest BCUT2D eigenvalue weighted by Crippen LogP contribution is -2.51. The summed E-state index contributed by atoms with van der Waals surface area (Å²) in [6.45, 7) is -2.11. The van der Waals surface area contributed by atoms with Crippen LogP contribution in [0.3, 0.4) is 0 Å². The largest absolute Gasteiger partial charge is 0.435 e. The minimum Gasteiger partial charge on any atom is -0.435 e. The Labute approximate surface area is 140 Å². The number of benzene rings is 1. The molecule has 1 aromatic carbocycles. The Kier molecular flexibility index (Phi) is 3.97. The molecule has 4 aliphatic carbocycles. The molecule has 0 aromatic heterocycles. The summed E-state index contributed by atoms with van der Waals surface area (Å²) < 4.78 is 28.6. The Morgan fingerprint density at radius 2 is 1.62 bits per heavy atom. The monoisotopic (exact) mass is 335 g/mol. The summed E-state index contributed by atoms with van der Waals surface area (Å²) in [5.41, 5.74) is 0.782. The summed E-state index contributed by atoms with van der Waals surface area (Å²) in [6, 6.07) is 5.89. The maximum atomic E-state index is 12.4. The molecule has 0 atom stereocenters. The van der Waals surface area contributed by atoms with Crippen molar-refractivity contribution in [2.75, 3.05) is 6.54 Å². The van der Waals surface area contributed by atoms with Crippen molar-refractivity contribution in [2.45, 2.75) is 45.1 Å². The van der Waals surface area contributed by atoms with Gasteiger partial charge in [0.15, 0.2) is 0 Å². The third kappa shape index (κ3) is 3.13. The van der Waals surface area contributed by atoms with Crippen LogP contribution in [-0.2, 0) is 0 Å². The molecule has 0 heterocycles. The lowest BCUT2D eigenvalue weighted by molar-refractivity contribution is -0.0505. The Morgan fingerprint density at radius 1 is 1.08 bits per heavy atom. The SMILES string of the molecule is O=C(NCC12CC3CC(CC(C3)C1)C2)c1ccc(OC(F)F)cc1. The molecular weight excluding hydrogens is 312 g/mol. The standard InChI is InChI=1S/C19H23F2NO2/c20-18(21)24-16-3-1-15(2-4-16)17(23)22-11-19-8-12-5-13(9-19)7-14(6-12)10-19/h1-4,12-14,18H,5-11H2,(H,22,23). The van der Waals surface area contributed by atoms with E-state index in [1.165, 1.54) is 62.8 Å². The number of rotatable bonds is 5. The summed E-state index contributed by atoms with van der Waals surface area (Å²) in [5.74, 6) is 2.52. The van der Waals surface area contributed by atoms with Crippen molar-refractivity contribution in [2.24, 2.45) is 23.2 Å². The van der Waals surface area contributed by atoms with E-state index in [0.29, 0.717) is 11.0 Å². The summed E-state index contributed by atoms with van der Waals surface area (Å²) in [5, 5.41) is 3.09. The fourth-order valence-corrected chi connectivity index (χ4v) is 5.66. The van der Waals surface area contributed by atoms with E-state index in [-0.39, 0.29) is 11.7 Å². The zero-order valence-corrected chi connectivity index (χ0v) is 13.6. The van der Waals surface area contributed by atoms with Crippen LogP contribution in [0.25, 0.3) is 0 Å². The Morgan fingerprint density at radius 3 is 2.12 bits per heavy atom. The van der Waals surface area contributed by atoms with Crippen LogP contribution >= 0.6 is 0 Å². The molecule has 4 fully saturated rings. The molecule has 0 unspecified atom stereocenters. The van der Waals surface area contributed by atoms with Gasteiger partial charge < -0.3 is 10.1 Å². The van der Waals surface area contributed by atoms with Crippen LogP contribution in [0, 0.1) is 23.2 Å². The van der Waals surface area contributed by atoms with Crippen molar-refractivity contribution in [1.29, 1.82) is 0 Å². The second kappa shape index (κ2) is 6.01. The molecule has 0 saturated heterocycles. The van der Waals surface area contributed by atoms with Crippen LogP contribution in [0.1, 0.15) is 48.9 Å². The van der Waals surface area contributed by atoms with Crippen molar-refractivity contribution in [3.05, 3.63) is 29.8 Å². The molecule has 3 nitrogen and oxygen atoms in total. The van der Waals surface area contributed by atoms with Gasteiger partial charge in [-0.2, -0.15) is 8.78 Å². The van der Waals surface area contributed by atoms with Crippen molar-refractivity contribution < 1.29 is 18.3 Å². The smallest absolute Gasteiger partial charge is 0.387 e. The second-order valence-corrected chi connectivity index (χ2v) is 8.00. The first kappa shape index (κ1) is 15.9. The molecule has 4 aliphatic rings.